The normalized spacial score (nSPS) is 18.3. The van der Waals surface area contributed by atoms with Gasteiger partial charge in [-0.25, -0.2) is 0 Å². The molecule has 18 heavy (non-hydrogen) atoms. The molecule has 1 aliphatic rings. The van der Waals surface area contributed by atoms with Gasteiger partial charge in [0.05, 0.1) is 6.61 Å². The van der Waals surface area contributed by atoms with Crippen molar-refractivity contribution < 1.29 is 5.11 Å². The lowest BCUT2D eigenvalue weighted by atomic mass is 10.1. The van der Waals surface area contributed by atoms with Gasteiger partial charge in [-0.1, -0.05) is 25.7 Å². The number of aliphatic hydroxyl groups is 1. The van der Waals surface area contributed by atoms with E-state index in [0.29, 0.717) is 0 Å². The summed E-state index contributed by atoms with van der Waals surface area (Å²) >= 11 is 0. The summed E-state index contributed by atoms with van der Waals surface area (Å²) in [5, 5.41) is 12.2. The molecular formula is C15H32N2O. The summed E-state index contributed by atoms with van der Waals surface area (Å²) in [7, 11) is 0. The number of unbranched alkanes of at least 4 members (excludes halogenated alkanes) is 5. The lowest BCUT2D eigenvalue weighted by Gasteiger charge is -2.13. The van der Waals surface area contributed by atoms with E-state index in [1.54, 1.807) is 0 Å². The summed E-state index contributed by atoms with van der Waals surface area (Å²) in [5.74, 6) is 0. The van der Waals surface area contributed by atoms with Gasteiger partial charge in [-0.15, -0.1) is 0 Å². The molecule has 0 radical (unpaired) electrons. The summed E-state index contributed by atoms with van der Waals surface area (Å²) < 4.78 is 0. The molecule has 0 aliphatic carbocycles. The predicted octanol–water partition coefficient (Wildman–Crippen LogP) is 2.39. The second-order valence-electron chi connectivity index (χ2n) is 5.71. The third-order valence-corrected chi connectivity index (χ3v) is 3.87. The lowest BCUT2D eigenvalue weighted by molar-refractivity contribution is 0.251. The van der Waals surface area contributed by atoms with Crippen LogP contribution in [0.3, 0.4) is 0 Å². The van der Waals surface area contributed by atoms with Gasteiger partial charge >= 0.3 is 0 Å². The van der Waals surface area contributed by atoms with E-state index in [2.05, 4.69) is 10.2 Å². The van der Waals surface area contributed by atoms with Crippen molar-refractivity contribution >= 4 is 0 Å². The van der Waals surface area contributed by atoms with Crippen LogP contribution in [0.15, 0.2) is 0 Å². The highest BCUT2D eigenvalue weighted by atomic mass is 16.3. The molecule has 0 aromatic carbocycles. The first-order valence-corrected chi connectivity index (χ1v) is 7.89. The maximum atomic E-state index is 8.86. The van der Waals surface area contributed by atoms with Crippen LogP contribution in [-0.2, 0) is 0 Å². The summed E-state index contributed by atoms with van der Waals surface area (Å²) in [4.78, 5) is 2.61. The zero-order valence-electron chi connectivity index (χ0n) is 12.2. The molecule has 3 heteroatoms. The SMILES string of the molecule is C[C@@H](CO)NCCCCCCCCN1CCCC1. The highest BCUT2D eigenvalue weighted by Gasteiger charge is 2.09. The van der Waals surface area contributed by atoms with Gasteiger partial charge in [-0.2, -0.15) is 0 Å². The maximum Gasteiger partial charge on any atom is 0.0581 e. The number of nitrogens with zero attached hydrogens (tertiary/aromatic N) is 1. The van der Waals surface area contributed by atoms with Crippen molar-refractivity contribution in [1.29, 1.82) is 0 Å². The molecule has 1 rings (SSSR count). The number of hydrogen-bond acceptors (Lipinski definition) is 3. The van der Waals surface area contributed by atoms with Crippen LogP contribution in [0.25, 0.3) is 0 Å². The van der Waals surface area contributed by atoms with Crippen LogP contribution in [0.4, 0.5) is 0 Å². The van der Waals surface area contributed by atoms with E-state index >= 15 is 0 Å². The first kappa shape index (κ1) is 15.9. The molecule has 0 aromatic heterocycles. The third-order valence-electron chi connectivity index (χ3n) is 3.87. The molecule has 1 heterocycles. The Balaban J connectivity index is 1.73. The van der Waals surface area contributed by atoms with Crippen molar-refractivity contribution in [2.24, 2.45) is 0 Å². The quantitative estimate of drug-likeness (QED) is 0.557. The van der Waals surface area contributed by atoms with E-state index in [4.69, 9.17) is 5.11 Å². The number of likely N-dealkylation sites (tertiary alicyclic amines) is 1. The van der Waals surface area contributed by atoms with Crippen molar-refractivity contribution in [2.75, 3.05) is 32.8 Å². The van der Waals surface area contributed by atoms with Crippen molar-refractivity contribution in [3.05, 3.63) is 0 Å². The predicted molar refractivity (Wildman–Crippen MR) is 77.9 cm³/mol. The molecule has 2 N–H and O–H groups in total. The van der Waals surface area contributed by atoms with Gasteiger partial charge in [-0.3, -0.25) is 0 Å². The lowest BCUT2D eigenvalue weighted by Crippen LogP contribution is -2.29. The first-order valence-electron chi connectivity index (χ1n) is 7.89. The molecular weight excluding hydrogens is 224 g/mol. The molecule has 0 saturated carbocycles. The average molecular weight is 256 g/mol. The summed E-state index contributed by atoms with van der Waals surface area (Å²) in [6.45, 7) is 7.34. The van der Waals surface area contributed by atoms with Crippen LogP contribution in [0.1, 0.15) is 58.3 Å². The molecule has 3 nitrogen and oxygen atoms in total. The van der Waals surface area contributed by atoms with Crippen LogP contribution in [0.2, 0.25) is 0 Å². The van der Waals surface area contributed by atoms with Crippen LogP contribution >= 0.6 is 0 Å². The minimum absolute atomic E-state index is 0.247. The van der Waals surface area contributed by atoms with Gasteiger partial charge in [0.2, 0.25) is 0 Å². The van der Waals surface area contributed by atoms with Gasteiger partial charge in [-0.05, 0) is 58.8 Å². The molecule has 0 amide bonds. The molecule has 0 bridgehead atoms. The highest BCUT2D eigenvalue weighted by molar-refractivity contribution is 4.65. The Morgan fingerprint density at radius 2 is 1.61 bits per heavy atom. The van der Waals surface area contributed by atoms with Gasteiger partial charge in [0.25, 0.3) is 0 Å². The molecule has 1 atom stereocenters. The molecule has 0 unspecified atom stereocenters. The molecule has 108 valence electrons. The van der Waals surface area contributed by atoms with Gasteiger partial charge in [0, 0.05) is 6.04 Å². The van der Waals surface area contributed by atoms with Crippen molar-refractivity contribution in [2.45, 2.75) is 64.3 Å². The van der Waals surface area contributed by atoms with Gasteiger partial charge in [0.15, 0.2) is 0 Å². The van der Waals surface area contributed by atoms with Crippen LogP contribution in [-0.4, -0.2) is 48.8 Å². The largest absolute Gasteiger partial charge is 0.395 e. The first-order chi connectivity index (χ1) is 8.83. The van der Waals surface area contributed by atoms with E-state index in [-0.39, 0.29) is 12.6 Å². The van der Waals surface area contributed by atoms with E-state index in [1.165, 1.54) is 71.0 Å². The Morgan fingerprint density at radius 1 is 1.00 bits per heavy atom. The Kier molecular flexibility index (Phi) is 9.54. The zero-order chi connectivity index (χ0) is 13.1. The average Bonchev–Trinajstić information content (AvgIpc) is 2.89. The molecule has 1 aliphatic heterocycles. The van der Waals surface area contributed by atoms with Crippen molar-refractivity contribution in [3.8, 4) is 0 Å². The fraction of sp³-hybridized carbons (Fsp3) is 1.00. The van der Waals surface area contributed by atoms with Crippen molar-refractivity contribution in [1.82, 2.24) is 10.2 Å². The minimum Gasteiger partial charge on any atom is -0.395 e. The topological polar surface area (TPSA) is 35.5 Å². The smallest absolute Gasteiger partial charge is 0.0581 e. The minimum atomic E-state index is 0.247. The Morgan fingerprint density at radius 3 is 2.28 bits per heavy atom. The van der Waals surface area contributed by atoms with Gasteiger partial charge in [0.1, 0.15) is 0 Å². The molecule has 0 aromatic rings. The fourth-order valence-corrected chi connectivity index (χ4v) is 2.59. The van der Waals surface area contributed by atoms with E-state index in [9.17, 15) is 0 Å². The number of aliphatic hydroxyl groups excluding tert-OH is 1. The van der Waals surface area contributed by atoms with Crippen LogP contribution < -0.4 is 5.32 Å². The highest BCUT2D eigenvalue weighted by Crippen LogP contribution is 2.10. The van der Waals surface area contributed by atoms with Crippen LogP contribution in [0, 0.1) is 0 Å². The summed E-state index contributed by atoms with van der Waals surface area (Å²) in [6, 6.07) is 0.255. The standard InChI is InChI=1S/C15H32N2O/c1-15(14-18)16-10-6-4-2-3-5-7-11-17-12-8-9-13-17/h15-16,18H,2-14H2,1H3/t15-/m0/s1. The Labute approximate surface area is 113 Å². The molecule has 0 spiro atoms. The monoisotopic (exact) mass is 256 g/mol. The van der Waals surface area contributed by atoms with Crippen LogP contribution in [0.5, 0.6) is 0 Å². The Hall–Kier alpha value is -0.120. The third kappa shape index (κ3) is 8.06. The fourth-order valence-electron chi connectivity index (χ4n) is 2.59. The number of rotatable bonds is 11. The number of nitrogens with one attached hydrogen (secondary N) is 1. The maximum absolute atomic E-state index is 8.86. The van der Waals surface area contributed by atoms with E-state index in [1.807, 2.05) is 6.92 Å². The summed E-state index contributed by atoms with van der Waals surface area (Å²) in [6.07, 6.45) is 11.0. The molecule has 1 fully saturated rings. The zero-order valence-corrected chi connectivity index (χ0v) is 12.2. The number of hydrogen-bond donors (Lipinski definition) is 2. The second-order valence-corrected chi connectivity index (χ2v) is 5.71. The van der Waals surface area contributed by atoms with Crippen molar-refractivity contribution in [3.63, 3.8) is 0 Å². The Bertz CT molecular complexity index is 181. The summed E-state index contributed by atoms with van der Waals surface area (Å²) in [5.41, 5.74) is 0. The van der Waals surface area contributed by atoms with Gasteiger partial charge < -0.3 is 15.3 Å². The van der Waals surface area contributed by atoms with E-state index in [0.717, 1.165) is 6.54 Å². The van der Waals surface area contributed by atoms with E-state index < -0.39 is 0 Å². The molecule has 1 saturated heterocycles. The second kappa shape index (κ2) is 10.8.